The minimum absolute atomic E-state index is 0.124. The van der Waals surface area contributed by atoms with E-state index in [0.29, 0.717) is 10.9 Å². The van der Waals surface area contributed by atoms with Crippen LogP contribution in [-0.2, 0) is 4.74 Å². The molecule has 0 bridgehead atoms. The van der Waals surface area contributed by atoms with Crippen LogP contribution in [0.15, 0.2) is 59.2 Å². The van der Waals surface area contributed by atoms with Crippen molar-refractivity contribution in [3.8, 4) is 5.75 Å². The normalized spacial score (nSPS) is 12.0. The molecule has 8 heteroatoms. The summed E-state index contributed by atoms with van der Waals surface area (Å²) in [4.78, 5) is 22.9. The second-order valence-corrected chi connectivity index (χ2v) is 5.89. The molecular formula is C16H11BrN2O5. The fourth-order valence-electron chi connectivity index (χ4n) is 2.34. The number of aromatic hydroxyl groups is 1. The standard InChI is InChI=1S/C16H11BrN2O5/c17-11-6-7-13-12(8-11)14(20)9-18(13)16(21)24-15(19(22)23)10-4-2-1-3-5-10/h1-9,15,20H. The van der Waals surface area contributed by atoms with E-state index in [4.69, 9.17) is 4.74 Å². The van der Waals surface area contributed by atoms with Crippen molar-refractivity contribution in [3.63, 3.8) is 0 Å². The van der Waals surface area contributed by atoms with E-state index in [2.05, 4.69) is 15.9 Å². The van der Waals surface area contributed by atoms with E-state index in [9.17, 15) is 20.0 Å². The van der Waals surface area contributed by atoms with E-state index in [0.717, 1.165) is 9.04 Å². The fraction of sp³-hybridized carbons (Fsp3) is 0.0625. The zero-order valence-electron chi connectivity index (χ0n) is 12.1. The van der Waals surface area contributed by atoms with Crippen LogP contribution in [0.2, 0.25) is 0 Å². The van der Waals surface area contributed by atoms with E-state index in [1.54, 1.807) is 36.4 Å². The number of benzene rings is 2. The highest BCUT2D eigenvalue weighted by Crippen LogP contribution is 2.30. The summed E-state index contributed by atoms with van der Waals surface area (Å²) in [7, 11) is 0. The Morgan fingerprint density at radius 2 is 1.96 bits per heavy atom. The van der Waals surface area contributed by atoms with Crippen LogP contribution in [0.25, 0.3) is 10.9 Å². The number of rotatable bonds is 3. The lowest BCUT2D eigenvalue weighted by molar-refractivity contribution is -0.574. The molecule has 3 rings (SSSR count). The molecule has 0 saturated carbocycles. The van der Waals surface area contributed by atoms with Crippen molar-refractivity contribution < 1.29 is 19.6 Å². The molecule has 0 aliphatic rings. The highest BCUT2D eigenvalue weighted by molar-refractivity contribution is 9.10. The topological polar surface area (TPSA) is 94.6 Å². The number of carbonyl (C=O) groups is 1. The molecule has 0 amide bonds. The van der Waals surface area contributed by atoms with Crippen LogP contribution in [0, 0.1) is 10.1 Å². The van der Waals surface area contributed by atoms with Crippen molar-refractivity contribution >= 4 is 32.9 Å². The van der Waals surface area contributed by atoms with Gasteiger partial charge < -0.3 is 9.84 Å². The molecule has 0 fully saturated rings. The molecule has 24 heavy (non-hydrogen) atoms. The van der Waals surface area contributed by atoms with E-state index in [1.807, 2.05) is 0 Å². The lowest BCUT2D eigenvalue weighted by Crippen LogP contribution is -2.21. The minimum Gasteiger partial charge on any atom is -0.506 e. The molecule has 1 heterocycles. The van der Waals surface area contributed by atoms with Crippen LogP contribution in [0.5, 0.6) is 5.75 Å². The molecule has 1 atom stereocenters. The quantitative estimate of drug-likeness (QED) is 0.413. The maximum absolute atomic E-state index is 12.4. The number of hydrogen-bond acceptors (Lipinski definition) is 5. The van der Waals surface area contributed by atoms with E-state index in [1.165, 1.54) is 18.3 Å². The third-order valence-corrected chi connectivity index (χ3v) is 3.92. The van der Waals surface area contributed by atoms with Crippen LogP contribution in [-0.4, -0.2) is 20.7 Å². The Balaban J connectivity index is 1.96. The number of ether oxygens (including phenoxy) is 1. The molecule has 2 aromatic carbocycles. The third kappa shape index (κ3) is 2.95. The van der Waals surface area contributed by atoms with E-state index >= 15 is 0 Å². The first-order chi connectivity index (χ1) is 11.5. The van der Waals surface area contributed by atoms with Gasteiger partial charge in [0, 0.05) is 9.86 Å². The largest absolute Gasteiger partial charge is 0.506 e. The van der Waals surface area contributed by atoms with Gasteiger partial charge in [-0.1, -0.05) is 34.1 Å². The molecule has 0 aliphatic heterocycles. The summed E-state index contributed by atoms with van der Waals surface area (Å²) in [6.07, 6.45) is -1.41. The zero-order valence-corrected chi connectivity index (χ0v) is 13.7. The zero-order chi connectivity index (χ0) is 17.3. The van der Waals surface area contributed by atoms with Crippen molar-refractivity contribution in [1.29, 1.82) is 0 Å². The fourth-order valence-corrected chi connectivity index (χ4v) is 2.70. The Labute approximate surface area is 144 Å². The second-order valence-electron chi connectivity index (χ2n) is 4.98. The molecule has 7 nitrogen and oxygen atoms in total. The molecular weight excluding hydrogens is 380 g/mol. The smallest absolute Gasteiger partial charge is 0.424 e. The molecule has 1 aromatic heterocycles. The second kappa shape index (κ2) is 6.32. The molecule has 0 saturated heterocycles. The van der Waals surface area contributed by atoms with Gasteiger partial charge in [-0.05, 0) is 30.3 Å². The Bertz CT molecular complexity index is 923. The van der Waals surface area contributed by atoms with Crippen molar-refractivity contribution in [2.45, 2.75) is 6.23 Å². The predicted molar refractivity (Wildman–Crippen MR) is 89.4 cm³/mol. The molecule has 0 radical (unpaired) electrons. The SMILES string of the molecule is O=C(OC(c1ccccc1)[N+](=O)[O-])n1cc(O)c2cc(Br)ccc21. The van der Waals surface area contributed by atoms with Gasteiger partial charge in [0.25, 0.3) is 0 Å². The van der Waals surface area contributed by atoms with E-state index < -0.39 is 17.2 Å². The minimum atomic E-state index is -1.63. The number of halogens is 1. The van der Waals surface area contributed by atoms with Gasteiger partial charge in [-0.25, -0.2) is 9.36 Å². The first kappa shape index (κ1) is 16.0. The van der Waals surface area contributed by atoms with Gasteiger partial charge in [0.05, 0.1) is 22.2 Å². The third-order valence-electron chi connectivity index (χ3n) is 3.43. The average molecular weight is 391 g/mol. The highest BCUT2D eigenvalue weighted by Gasteiger charge is 2.28. The van der Waals surface area contributed by atoms with Gasteiger partial charge in [-0.15, -0.1) is 0 Å². The predicted octanol–water partition coefficient (Wildman–Crippen LogP) is 4.07. The van der Waals surface area contributed by atoms with Gasteiger partial charge in [0.1, 0.15) is 5.75 Å². The first-order valence-electron chi connectivity index (χ1n) is 6.86. The number of hydrogen-bond donors (Lipinski definition) is 1. The van der Waals surface area contributed by atoms with Gasteiger partial charge in [-0.2, -0.15) is 0 Å². The maximum atomic E-state index is 12.4. The lowest BCUT2D eigenvalue weighted by atomic mass is 10.2. The Morgan fingerprint density at radius 1 is 1.25 bits per heavy atom. The van der Waals surface area contributed by atoms with Crippen molar-refractivity contribution in [2.24, 2.45) is 0 Å². The van der Waals surface area contributed by atoms with Gasteiger partial charge >= 0.3 is 12.3 Å². The molecule has 0 aliphatic carbocycles. The summed E-state index contributed by atoms with van der Waals surface area (Å²) in [5, 5.41) is 21.6. The Hall–Kier alpha value is -2.87. The van der Waals surface area contributed by atoms with Crippen molar-refractivity contribution in [2.75, 3.05) is 0 Å². The molecule has 1 N–H and O–H groups in total. The highest BCUT2D eigenvalue weighted by atomic mass is 79.9. The number of fused-ring (bicyclic) bond motifs is 1. The molecule has 1 unspecified atom stereocenters. The summed E-state index contributed by atoms with van der Waals surface area (Å²) >= 11 is 3.28. The van der Waals surface area contributed by atoms with Crippen LogP contribution in [0.3, 0.4) is 0 Å². The summed E-state index contributed by atoms with van der Waals surface area (Å²) in [6, 6.07) is 12.9. The van der Waals surface area contributed by atoms with Crippen LogP contribution in [0.4, 0.5) is 4.79 Å². The summed E-state index contributed by atoms with van der Waals surface area (Å²) < 4.78 is 6.80. The average Bonchev–Trinajstić information content (AvgIpc) is 2.89. The lowest BCUT2D eigenvalue weighted by Gasteiger charge is -2.11. The van der Waals surface area contributed by atoms with Crippen LogP contribution >= 0.6 is 15.9 Å². The van der Waals surface area contributed by atoms with Gasteiger partial charge in [0.2, 0.25) is 0 Å². The van der Waals surface area contributed by atoms with Crippen molar-refractivity contribution in [3.05, 3.63) is 74.9 Å². The Kier molecular flexibility index (Phi) is 4.22. The molecule has 0 spiro atoms. The number of nitrogens with zero attached hydrogens (tertiary/aromatic N) is 2. The van der Waals surface area contributed by atoms with Gasteiger partial charge in [0.15, 0.2) is 0 Å². The molecule has 3 aromatic rings. The van der Waals surface area contributed by atoms with Crippen molar-refractivity contribution in [1.82, 2.24) is 4.57 Å². The van der Waals surface area contributed by atoms with Gasteiger partial charge in [-0.3, -0.25) is 10.1 Å². The summed E-state index contributed by atoms with van der Waals surface area (Å²) in [6.45, 7) is 0. The number of nitro groups is 1. The first-order valence-corrected chi connectivity index (χ1v) is 7.65. The van der Waals surface area contributed by atoms with E-state index in [-0.39, 0.29) is 11.3 Å². The Morgan fingerprint density at radius 3 is 2.62 bits per heavy atom. The summed E-state index contributed by atoms with van der Waals surface area (Å²) in [5.74, 6) is -0.124. The van der Waals surface area contributed by atoms with Crippen LogP contribution < -0.4 is 0 Å². The van der Waals surface area contributed by atoms with Crippen LogP contribution in [0.1, 0.15) is 11.8 Å². The monoisotopic (exact) mass is 390 g/mol. The molecule has 122 valence electrons. The number of carbonyl (C=O) groups excluding carboxylic acids is 1. The number of aromatic nitrogens is 1. The maximum Gasteiger partial charge on any atom is 0.424 e. The summed E-state index contributed by atoms with van der Waals surface area (Å²) in [5.41, 5.74) is 0.634.